The van der Waals surface area contributed by atoms with Crippen LogP contribution in [0.15, 0.2) is 41.1 Å². The van der Waals surface area contributed by atoms with Crippen LogP contribution in [0.3, 0.4) is 0 Å². The zero-order chi connectivity index (χ0) is 11.5. The van der Waals surface area contributed by atoms with Gasteiger partial charge in [-0.25, -0.2) is 4.98 Å². The van der Waals surface area contributed by atoms with Crippen molar-refractivity contribution in [2.75, 3.05) is 14.1 Å². The predicted molar refractivity (Wildman–Crippen MR) is 60.0 cm³/mol. The zero-order valence-corrected chi connectivity index (χ0v) is 9.18. The highest BCUT2D eigenvalue weighted by atomic mass is 16.3. The van der Waals surface area contributed by atoms with E-state index in [1.807, 2.05) is 30.3 Å². The van der Waals surface area contributed by atoms with Gasteiger partial charge in [0.25, 0.3) is 5.91 Å². The van der Waals surface area contributed by atoms with Gasteiger partial charge in [-0.1, -0.05) is 30.3 Å². The van der Waals surface area contributed by atoms with Crippen LogP contribution in [0.2, 0.25) is 0 Å². The molecule has 2 aromatic rings. The summed E-state index contributed by atoms with van der Waals surface area (Å²) >= 11 is 0. The first-order valence-electron chi connectivity index (χ1n) is 4.90. The maximum Gasteiger partial charge on any atom is 0.275 e. The Bertz CT molecular complexity index is 489. The van der Waals surface area contributed by atoms with Crippen LogP contribution in [0, 0.1) is 0 Å². The van der Waals surface area contributed by atoms with Crippen molar-refractivity contribution in [1.29, 1.82) is 0 Å². The van der Waals surface area contributed by atoms with Gasteiger partial charge in [0.2, 0.25) is 0 Å². The molecule has 0 spiro atoms. The summed E-state index contributed by atoms with van der Waals surface area (Å²) in [5, 5.41) is 0. The molecule has 0 unspecified atom stereocenters. The van der Waals surface area contributed by atoms with Crippen LogP contribution in [0.4, 0.5) is 0 Å². The van der Waals surface area contributed by atoms with Crippen LogP contribution in [-0.2, 0) is 0 Å². The number of oxazole rings is 1. The maximum atomic E-state index is 11.8. The van der Waals surface area contributed by atoms with Crippen molar-refractivity contribution in [3.8, 4) is 11.3 Å². The van der Waals surface area contributed by atoms with Crippen LogP contribution >= 0.6 is 0 Å². The van der Waals surface area contributed by atoms with Crippen molar-refractivity contribution in [2.24, 2.45) is 0 Å². The first kappa shape index (κ1) is 10.4. The molecule has 1 heterocycles. The summed E-state index contributed by atoms with van der Waals surface area (Å²) in [6, 6.07) is 9.46. The Balaban J connectivity index is 2.45. The molecular weight excluding hydrogens is 204 g/mol. The Morgan fingerprint density at radius 1 is 1.25 bits per heavy atom. The average molecular weight is 216 g/mol. The highest BCUT2D eigenvalue weighted by molar-refractivity contribution is 5.97. The minimum Gasteiger partial charge on any atom is -0.443 e. The molecule has 1 aromatic carbocycles. The average Bonchev–Trinajstić information content (AvgIpc) is 2.77. The van der Waals surface area contributed by atoms with Crippen molar-refractivity contribution in [3.63, 3.8) is 0 Å². The van der Waals surface area contributed by atoms with Crippen LogP contribution < -0.4 is 0 Å². The number of hydrogen-bond acceptors (Lipinski definition) is 3. The van der Waals surface area contributed by atoms with Gasteiger partial charge in [-0.2, -0.15) is 0 Å². The van der Waals surface area contributed by atoms with Crippen molar-refractivity contribution < 1.29 is 9.21 Å². The Hall–Kier alpha value is -2.10. The van der Waals surface area contributed by atoms with Gasteiger partial charge in [-0.15, -0.1) is 0 Å². The number of benzene rings is 1. The predicted octanol–water partition coefficient (Wildman–Crippen LogP) is 2.04. The highest BCUT2D eigenvalue weighted by Gasteiger charge is 2.19. The van der Waals surface area contributed by atoms with E-state index in [0.717, 1.165) is 5.56 Å². The van der Waals surface area contributed by atoms with Gasteiger partial charge in [0.05, 0.1) is 0 Å². The number of carbonyl (C=O) groups is 1. The zero-order valence-electron chi connectivity index (χ0n) is 9.18. The molecule has 16 heavy (non-hydrogen) atoms. The summed E-state index contributed by atoms with van der Waals surface area (Å²) in [7, 11) is 3.37. The molecule has 1 amide bonds. The molecule has 1 aromatic heterocycles. The third-order valence-corrected chi connectivity index (χ3v) is 2.21. The largest absolute Gasteiger partial charge is 0.443 e. The standard InChI is InChI=1S/C12H12N2O2/c1-14(2)12(15)10-11(16-8-13-10)9-6-4-3-5-7-9/h3-8H,1-2H3. The van der Waals surface area contributed by atoms with Gasteiger partial charge in [-0.3, -0.25) is 4.79 Å². The fourth-order valence-corrected chi connectivity index (χ4v) is 1.40. The van der Waals surface area contributed by atoms with Gasteiger partial charge in [0, 0.05) is 19.7 Å². The molecule has 2 rings (SSSR count). The molecular formula is C12H12N2O2. The van der Waals surface area contributed by atoms with Gasteiger partial charge < -0.3 is 9.32 Å². The van der Waals surface area contributed by atoms with Crippen molar-refractivity contribution in [2.45, 2.75) is 0 Å². The van der Waals surface area contributed by atoms with E-state index in [1.54, 1.807) is 14.1 Å². The quantitative estimate of drug-likeness (QED) is 0.771. The van der Waals surface area contributed by atoms with Crippen molar-refractivity contribution in [3.05, 3.63) is 42.4 Å². The maximum absolute atomic E-state index is 11.8. The number of rotatable bonds is 2. The molecule has 4 nitrogen and oxygen atoms in total. The monoisotopic (exact) mass is 216 g/mol. The molecule has 0 saturated carbocycles. The summed E-state index contributed by atoms with van der Waals surface area (Å²) in [6.07, 6.45) is 1.29. The SMILES string of the molecule is CN(C)C(=O)c1ncoc1-c1ccccc1. The minimum absolute atomic E-state index is 0.160. The number of amides is 1. The van der Waals surface area contributed by atoms with Gasteiger partial charge in [-0.05, 0) is 0 Å². The summed E-state index contributed by atoms with van der Waals surface area (Å²) in [5.74, 6) is 0.354. The summed E-state index contributed by atoms with van der Waals surface area (Å²) in [6.45, 7) is 0. The lowest BCUT2D eigenvalue weighted by molar-refractivity contribution is 0.0823. The molecule has 4 heteroatoms. The summed E-state index contributed by atoms with van der Waals surface area (Å²) in [4.78, 5) is 17.2. The topological polar surface area (TPSA) is 46.3 Å². The molecule has 0 radical (unpaired) electrons. The molecule has 0 aliphatic carbocycles. The molecule has 0 aliphatic rings. The van der Waals surface area contributed by atoms with E-state index in [1.165, 1.54) is 11.3 Å². The van der Waals surface area contributed by atoms with E-state index in [4.69, 9.17) is 4.42 Å². The van der Waals surface area contributed by atoms with E-state index in [0.29, 0.717) is 11.5 Å². The van der Waals surface area contributed by atoms with Crippen LogP contribution in [-0.4, -0.2) is 29.9 Å². The Morgan fingerprint density at radius 3 is 2.56 bits per heavy atom. The fraction of sp³-hybridized carbons (Fsp3) is 0.167. The second kappa shape index (κ2) is 4.18. The van der Waals surface area contributed by atoms with E-state index >= 15 is 0 Å². The number of hydrogen-bond donors (Lipinski definition) is 0. The molecule has 0 fully saturated rings. The van der Waals surface area contributed by atoms with Gasteiger partial charge in [0.15, 0.2) is 17.8 Å². The van der Waals surface area contributed by atoms with E-state index < -0.39 is 0 Å². The Morgan fingerprint density at radius 2 is 1.94 bits per heavy atom. The number of nitrogens with zero attached hydrogens (tertiary/aromatic N) is 2. The van der Waals surface area contributed by atoms with E-state index in [9.17, 15) is 4.79 Å². The molecule has 0 saturated heterocycles. The molecule has 0 N–H and O–H groups in total. The second-order valence-electron chi connectivity index (χ2n) is 3.60. The van der Waals surface area contributed by atoms with Gasteiger partial charge >= 0.3 is 0 Å². The molecule has 0 aliphatic heterocycles. The Kier molecular flexibility index (Phi) is 2.72. The molecule has 82 valence electrons. The first-order valence-corrected chi connectivity index (χ1v) is 4.90. The fourth-order valence-electron chi connectivity index (χ4n) is 1.40. The first-order chi connectivity index (χ1) is 7.70. The van der Waals surface area contributed by atoms with Gasteiger partial charge in [0.1, 0.15) is 0 Å². The van der Waals surface area contributed by atoms with Crippen LogP contribution in [0.1, 0.15) is 10.5 Å². The summed E-state index contributed by atoms with van der Waals surface area (Å²) in [5.41, 5.74) is 1.20. The molecule has 0 atom stereocenters. The smallest absolute Gasteiger partial charge is 0.275 e. The summed E-state index contributed by atoms with van der Waals surface area (Å²) < 4.78 is 5.26. The number of carbonyl (C=O) groups excluding carboxylic acids is 1. The van der Waals surface area contributed by atoms with Crippen LogP contribution in [0.25, 0.3) is 11.3 Å². The second-order valence-corrected chi connectivity index (χ2v) is 3.60. The lowest BCUT2D eigenvalue weighted by Gasteiger charge is -2.08. The van der Waals surface area contributed by atoms with Crippen molar-refractivity contribution >= 4 is 5.91 Å². The Labute approximate surface area is 93.5 Å². The normalized spacial score (nSPS) is 10.1. The number of aromatic nitrogens is 1. The van der Waals surface area contributed by atoms with Crippen LogP contribution in [0.5, 0.6) is 0 Å². The minimum atomic E-state index is -0.160. The molecule has 0 bridgehead atoms. The lowest BCUT2D eigenvalue weighted by atomic mass is 10.1. The third-order valence-electron chi connectivity index (χ3n) is 2.21. The van der Waals surface area contributed by atoms with E-state index in [-0.39, 0.29) is 5.91 Å². The lowest BCUT2D eigenvalue weighted by Crippen LogP contribution is -2.22. The third kappa shape index (κ3) is 1.82. The van der Waals surface area contributed by atoms with Crippen molar-refractivity contribution in [1.82, 2.24) is 9.88 Å². The highest BCUT2D eigenvalue weighted by Crippen LogP contribution is 2.23. The van der Waals surface area contributed by atoms with E-state index in [2.05, 4.69) is 4.98 Å².